The first kappa shape index (κ1) is 28.4. The summed E-state index contributed by atoms with van der Waals surface area (Å²) < 4.78 is 0. The maximum Gasteiger partial charge on any atom is 0.193 e. The molecule has 0 aliphatic heterocycles. The molecule has 0 aliphatic carbocycles. The molecule has 0 saturated carbocycles. The van der Waals surface area contributed by atoms with Crippen LogP contribution in [0, 0.1) is 7.43 Å². The number of rotatable bonds is 2. The van der Waals surface area contributed by atoms with Crippen molar-refractivity contribution in [3.8, 4) is 0 Å². The van der Waals surface area contributed by atoms with Gasteiger partial charge in [-0.15, -0.1) is 0 Å². The van der Waals surface area contributed by atoms with Gasteiger partial charge in [-0.2, -0.15) is 0 Å². The molecule has 2 rings (SSSR count). The van der Waals surface area contributed by atoms with E-state index in [0.717, 1.165) is 11.1 Å². The van der Waals surface area contributed by atoms with E-state index in [-0.39, 0.29) is 53.3 Å². The van der Waals surface area contributed by atoms with Gasteiger partial charge < -0.3 is 7.43 Å². The van der Waals surface area contributed by atoms with E-state index in [0.29, 0.717) is 0 Å². The van der Waals surface area contributed by atoms with Crippen LogP contribution in [-0.2, 0) is 32.7 Å². The molecule has 0 heterocycles. The molecule has 1 nitrogen and oxygen atoms in total. The SMILES string of the molecule is C.CC.CC.O=C(c1ccccc1)c1ccccc1.[CH3-].[Y]. The summed E-state index contributed by atoms with van der Waals surface area (Å²) in [6, 6.07) is 18.6. The molecular weight excluding hydrogens is 333 g/mol. The first-order chi connectivity index (χ1) is 8.88. The van der Waals surface area contributed by atoms with Crippen LogP contribution < -0.4 is 0 Å². The van der Waals surface area contributed by atoms with Gasteiger partial charge >= 0.3 is 0 Å². The minimum atomic E-state index is 0. The predicted molar refractivity (Wildman–Crippen MR) is 92.2 cm³/mol. The Bertz CT molecular complexity index is 382. The van der Waals surface area contributed by atoms with Gasteiger partial charge in [0.1, 0.15) is 0 Å². The molecule has 115 valence electrons. The molecule has 21 heavy (non-hydrogen) atoms. The fraction of sp³-hybridized carbons (Fsp3) is 0.263. The number of hydrogen-bond donors (Lipinski definition) is 0. The molecule has 0 atom stereocenters. The van der Waals surface area contributed by atoms with Gasteiger partial charge in [-0.05, 0) is 0 Å². The zero-order chi connectivity index (χ0) is 13.8. The fourth-order valence-corrected chi connectivity index (χ4v) is 1.35. The van der Waals surface area contributed by atoms with Gasteiger partial charge in [-0.1, -0.05) is 95.8 Å². The minimum absolute atomic E-state index is 0. The van der Waals surface area contributed by atoms with E-state index in [9.17, 15) is 4.79 Å². The van der Waals surface area contributed by atoms with Crippen molar-refractivity contribution in [1.29, 1.82) is 0 Å². The average Bonchev–Trinajstić information content (AvgIpc) is 2.52. The van der Waals surface area contributed by atoms with E-state index in [1.807, 2.05) is 88.4 Å². The molecule has 0 aliphatic rings. The van der Waals surface area contributed by atoms with Crippen molar-refractivity contribution in [2.45, 2.75) is 35.1 Å². The number of carbonyl (C=O) groups is 1. The Kier molecular flexibility index (Phi) is 26.0. The number of benzene rings is 2. The molecule has 0 amide bonds. The molecule has 1 radical (unpaired) electrons. The van der Waals surface area contributed by atoms with Crippen LogP contribution in [0.4, 0.5) is 0 Å². The van der Waals surface area contributed by atoms with Gasteiger partial charge in [0.2, 0.25) is 0 Å². The molecule has 0 bridgehead atoms. The maximum atomic E-state index is 11.8. The largest absolute Gasteiger partial charge is 0.358 e. The molecule has 0 N–H and O–H groups in total. The van der Waals surface area contributed by atoms with Crippen molar-refractivity contribution in [3.63, 3.8) is 0 Å². The summed E-state index contributed by atoms with van der Waals surface area (Å²) in [4.78, 5) is 11.8. The second kappa shape index (κ2) is 19.2. The Hall–Kier alpha value is -0.786. The quantitative estimate of drug-likeness (QED) is 0.469. The summed E-state index contributed by atoms with van der Waals surface area (Å²) in [6.45, 7) is 8.00. The van der Waals surface area contributed by atoms with E-state index < -0.39 is 0 Å². The molecule has 2 heteroatoms. The Labute approximate surface area is 157 Å². The third kappa shape index (κ3) is 10.6. The molecule has 2 aromatic rings. The zero-order valence-electron chi connectivity index (χ0n) is 13.3. The zero-order valence-corrected chi connectivity index (χ0v) is 16.1. The van der Waals surface area contributed by atoms with Crippen molar-refractivity contribution in [2.24, 2.45) is 0 Å². The Morgan fingerprint density at radius 2 is 0.905 bits per heavy atom. The summed E-state index contributed by atoms with van der Waals surface area (Å²) in [5.74, 6) is 0.0752. The standard InChI is InChI=1S/C13H10O.2C2H6.CH4.CH3.Y/c14-13(11-7-3-1-4-8-11)12-9-5-2-6-10-12;2*1-2;;;/h1-10H;2*1-2H3;1H4;1H3;/q;;;;-1;. The molecule has 0 unspecified atom stereocenters. The molecule has 0 aromatic heterocycles. The number of carbonyl (C=O) groups excluding carboxylic acids is 1. The van der Waals surface area contributed by atoms with Crippen LogP contribution in [0.25, 0.3) is 0 Å². The van der Waals surface area contributed by atoms with Gasteiger partial charge in [0.25, 0.3) is 0 Å². The summed E-state index contributed by atoms with van der Waals surface area (Å²) in [6.07, 6.45) is 0. The van der Waals surface area contributed by atoms with E-state index >= 15 is 0 Å². The van der Waals surface area contributed by atoms with Gasteiger partial charge in [-0.25, -0.2) is 0 Å². The second-order valence-electron chi connectivity index (χ2n) is 3.06. The molecule has 0 spiro atoms. The first-order valence-electron chi connectivity index (χ1n) is 6.53. The van der Waals surface area contributed by atoms with E-state index in [1.165, 1.54) is 0 Å². The van der Waals surface area contributed by atoms with Crippen LogP contribution in [0.1, 0.15) is 51.0 Å². The van der Waals surface area contributed by atoms with E-state index in [4.69, 9.17) is 0 Å². The van der Waals surface area contributed by atoms with Crippen LogP contribution >= 0.6 is 0 Å². The predicted octanol–water partition coefficient (Wildman–Crippen LogP) is 6.05. The summed E-state index contributed by atoms with van der Waals surface area (Å²) in [5.41, 5.74) is 1.47. The third-order valence-electron chi connectivity index (χ3n) is 2.07. The maximum absolute atomic E-state index is 11.8. The summed E-state index contributed by atoms with van der Waals surface area (Å²) >= 11 is 0. The second-order valence-corrected chi connectivity index (χ2v) is 3.06. The molecular formula is C19H29OY-. The van der Waals surface area contributed by atoms with Crippen LogP contribution in [0.5, 0.6) is 0 Å². The molecule has 0 saturated heterocycles. The van der Waals surface area contributed by atoms with Crippen LogP contribution in [0.3, 0.4) is 0 Å². The summed E-state index contributed by atoms with van der Waals surface area (Å²) in [7, 11) is 0. The van der Waals surface area contributed by atoms with E-state index in [2.05, 4.69) is 0 Å². The molecule has 0 fully saturated rings. The topological polar surface area (TPSA) is 17.1 Å². The van der Waals surface area contributed by atoms with Crippen LogP contribution in [-0.4, -0.2) is 5.78 Å². The number of ketones is 1. The normalized spacial score (nSPS) is 7.05. The van der Waals surface area contributed by atoms with Crippen molar-refractivity contribution < 1.29 is 37.5 Å². The monoisotopic (exact) mass is 362 g/mol. The number of hydrogen-bond acceptors (Lipinski definition) is 1. The van der Waals surface area contributed by atoms with Gasteiger partial charge in [0.15, 0.2) is 5.78 Å². The van der Waals surface area contributed by atoms with Gasteiger partial charge in [0, 0.05) is 43.8 Å². The van der Waals surface area contributed by atoms with E-state index in [1.54, 1.807) is 0 Å². The van der Waals surface area contributed by atoms with Crippen molar-refractivity contribution >= 4 is 5.78 Å². The van der Waals surface area contributed by atoms with Crippen molar-refractivity contribution in [2.75, 3.05) is 0 Å². The Balaban J connectivity index is -0.000000191. The Morgan fingerprint density at radius 3 is 1.14 bits per heavy atom. The van der Waals surface area contributed by atoms with Crippen LogP contribution in [0.15, 0.2) is 60.7 Å². The van der Waals surface area contributed by atoms with Crippen molar-refractivity contribution in [3.05, 3.63) is 79.2 Å². The first-order valence-corrected chi connectivity index (χ1v) is 6.53. The minimum Gasteiger partial charge on any atom is -0.358 e. The smallest absolute Gasteiger partial charge is 0.193 e. The Morgan fingerprint density at radius 1 is 0.667 bits per heavy atom. The third-order valence-corrected chi connectivity index (χ3v) is 2.07. The fourth-order valence-electron chi connectivity index (χ4n) is 1.35. The summed E-state index contributed by atoms with van der Waals surface area (Å²) in [5, 5.41) is 0. The van der Waals surface area contributed by atoms with Crippen LogP contribution in [0.2, 0.25) is 0 Å². The van der Waals surface area contributed by atoms with Crippen molar-refractivity contribution in [1.82, 2.24) is 0 Å². The van der Waals surface area contributed by atoms with Gasteiger partial charge in [-0.3, -0.25) is 4.79 Å². The molecule has 2 aromatic carbocycles. The van der Waals surface area contributed by atoms with Gasteiger partial charge in [0.05, 0.1) is 0 Å². The average molecular weight is 362 g/mol.